The van der Waals surface area contributed by atoms with Crippen molar-refractivity contribution in [3.05, 3.63) is 59.7 Å². The van der Waals surface area contributed by atoms with Crippen molar-refractivity contribution in [1.82, 2.24) is 14.2 Å². The number of hydrogen-bond donors (Lipinski definition) is 1. The molecule has 6 nitrogen and oxygen atoms in total. The number of carbonyl (C=O) groups is 2. The van der Waals surface area contributed by atoms with Crippen LogP contribution in [-0.2, 0) is 22.3 Å². The van der Waals surface area contributed by atoms with E-state index in [2.05, 4.69) is 21.4 Å². The van der Waals surface area contributed by atoms with Gasteiger partial charge in [-0.15, -0.1) is 0 Å². The summed E-state index contributed by atoms with van der Waals surface area (Å²) in [6.45, 7) is 1.95. The normalized spacial score (nSPS) is 15.3. The molecule has 1 atom stereocenters. The fraction of sp³-hybridized carbons (Fsp3) is 0.407. The van der Waals surface area contributed by atoms with E-state index in [1.54, 1.807) is 25.9 Å². The summed E-state index contributed by atoms with van der Waals surface area (Å²) in [6.07, 6.45) is 5.90. The molecule has 4 rings (SSSR count). The Morgan fingerprint density at radius 2 is 1.76 bits per heavy atom. The lowest BCUT2D eigenvalue weighted by Gasteiger charge is -2.24. The van der Waals surface area contributed by atoms with Crippen LogP contribution < -0.4 is 4.72 Å². The molecule has 1 aromatic heterocycles. The van der Waals surface area contributed by atoms with Gasteiger partial charge < -0.3 is 9.47 Å². The average Bonchev–Trinajstić information content (AvgIpc) is 3.18. The first-order chi connectivity index (χ1) is 16.4. The second-order valence-electron chi connectivity index (χ2n) is 9.13. The molecule has 0 spiro atoms. The van der Waals surface area contributed by atoms with E-state index in [1.165, 1.54) is 24.8 Å². The van der Waals surface area contributed by atoms with Gasteiger partial charge in [0.2, 0.25) is 5.91 Å². The van der Waals surface area contributed by atoms with Crippen LogP contribution in [0.5, 0.6) is 0 Å². The highest BCUT2D eigenvalue weighted by Crippen LogP contribution is 2.44. The smallest absolute Gasteiger partial charge is 0.263 e. The molecule has 1 aliphatic carbocycles. The monoisotopic (exact) mass is 479 g/mol. The van der Waals surface area contributed by atoms with Gasteiger partial charge >= 0.3 is 0 Å². The molecule has 2 aromatic carbocycles. The summed E-state index contributed by atoms with van der Waals surface area (Å²) < 4.78 is 16.5. The molecule has 0 aliphatic heterocycles. The molecule has 7 heteroatoms. The minimum atomic E-state index is -1.41. The molecule has 1 heterocycles. The lowest BCUT2D eigenvalue weighted by Crippen LogP contribution is -2.27. The molecule has 1 N–H and O–H groups in total. The number of aromatic nitrogens is 1. The minimum absolute atomic E-state index is 0.00813. The number of fused-ring (bicyclic) bond motifs is 1. The van der Waals surface area contributed by atoms with E-state index < -0.39 is 11.0 Å². The fourth-order valence-electron chi connectivity index (χ4n) is 4.90. The maximum atomic E-state index is 12.9. The average molecular weight is 480 g/mol. The van der Waals surface area contributed by atoms with E-state index in [-0.39, 0.29) is 18.4 Å². The molecular formula is C27H33N3O3S. The maximum absolute atomic E-state index is 12.9. The van der Waals surface area contributed by atoms with Crippen LogP contribution in [0, 0.1) is 0 Å². The molecule has 180 valence electrons. The number of rotatable bonds is 7. The molecule has 0 saturated heterocycles. The highest BCUT2D eigenvalue weighted by molar-refractivity contribution is 7.83. The Labute approximate surface area is 203 Å². The highest BCUT2D eigenvalue weighted by Gasteiger charge is 2.28. The quantitative estimate of drug-likeness (QED) is 0.526. The zero-order chi connectivity index (χ0) is 24.2. The fourth-order valence-corrected chi connectivity index (χ4v) is 5.37. The van der Waals surface area contributed by atoms with Gasteiger partial charge in [-0.25, -0.2) is 4.21 Å². The van der Waals surface area contributed by atoms with E-state index in [0.29, 0.717) is 17.2 Å². The van der Waals surface area contributed by atoms with Crippen molar-refractivity contribution in [3.63, 3.8) is 0 Å². The van der Waals surface area contributed by atoms with Crippen molar-refractivity contribution in [2.45, 2.75) is 51.5 Å². The summed E-state index contributed by atoms with van der Waals surface area (Å²) in [5, 5.41) is 1.09. The Kier molecular flexibility index (Phi) is 7.51. The number of amides is 2. The van der Waals surface area contributed by atoms with Crippen molar-refractivity contribution < 1.29 is 13.8 Å². The second-order valence-corrected chi connectivity index (χ2v) is 10.6. The van der Waals surface area contributed by atoms with Crippen LogP contribution in [0.25, 0.3) is 22.2 Å². The van der Waals surface area contributed by atoms with Crippen LogP contribution in [0.1, 0.15) is 60.9 Å². The topological polar surface area (TPSA) is 71.4 Å². The van der Waals surface area contributed by atoms with Gasteiger partial charge in [-0.05, 0) is 42.0 Å². The Balaban J connectivity index is 1.96. The Morgan fingerprint density at radius 1 is 1.06 bits per heavy atom. The largest absolute Gasteiger partial charge is 0.347 e. The van der Waals surface area contributed by atoms with E-state index in [0.717, 1.165) is 35.0 Å². The number of hydrogen-bond acceptors (Lipinski definition) is 3. The third-order valence-corrected chi connectivity index (χ3v) is 7.62. The minimum Gasteiger partial charge on any atom is -0.347 e. The second kappa shape index (κ2) is 10.6. The van der Waals surface area contributed by atoms with Gasteiger partial charge in [0, 0.05) is 30.8 Å². The van der Waals surface area contributed by atoms with E-state index in [4.69, 9.17) is 0 Å². The Bertz CT molecular complexity index is 1210. The van der Waals surface area contributed by atoms with Gasteiger partial charge in [-0.1, -0.05) is 62.6 Å². The molecule has 34 heavy (non-hydrogen) atoms. The van der Waals surface area contributed by atoms with E-state index in [1.807, 2.05) is 36.4 Å². The van der Waals surface area contributed by atoms with Crippen LogP contribution >= 0.6 is 0 Å². The molecule has 0 bridgehead atoms. The van der Waals surface area contributed by atoms with Crippen LogP contribution in [0.2, 0.25) is 0 Å². The third-order valence-electron chi connectivity index (χ3n) is 6.69. The summed E-state index contributed by atoms with van der Waals surface area (Å²) in [6, 6.07) is 15.9. The van der Waals surface area contributed by atoms with Gasteiger partial charge in [0.15, 0.2) is 0 Å². The molecular weight excluding hydrogens is 446 g/mol. The van der Waals surface area contributed by atoms with Gasteiger partial charge in [-0.3, -0.25) is 14.3 Å². The molecule has 1 saturated carbocycles. The van der Waals surface area contributed by atoms with Crippen molar-refractivity contribution in [3.8, 4) is 11.3 Å². The molecule has 1 fully saturated rings. The first-order valence-electron chi connectivity index (χ1n) is 12.0. The molecule has 1 aliphatic rings. The van der Waals surface area contributed by atoms with Crippen LogP contribution in [0.15, 0.2) is 48.5 Å². The lowest BCUT2D eigenvalue weighted by molar-refractivity contribution is -0.129. The zero-order valence-electron chi connectivity index (χ0n) is 20.2. The van der Waals surface area contributed by atoms with Gasteiger partial charge in [0.25, 0.3) is 5.91 Å². The number of nitrogens with zero attached hydrogens (tertiary/aromatic N) is 2. The Hall–Kier alpha value is -2.93. The lowest BCUT2D eigenvalue weighted by atomic mass is 9.82. The van der Waals surface area contributed by atoms with Gasteiger partial charge in [0.05, 0.1) is 11.2 Å². The Morgan fingerprint density at radius 3 is 2.41 bits per heavy atom. The zero-order valence-corrected chi connectivity index (χ0v) is 21.0. The standard InChI is InChI=1S/C27H33N3O3S/c1-4-34(33)28-27(32)21-15-16-22-23(17-21)30(18-24(31)29(2)3)26(20-13-9-6-10-14-20)25(22)19-11-7-5-8-12-19/h6,9-10,13-17,19H,4-5,7-8,11-12,18H2,1-3H3,(H,28,32). The highest BCUT2D eigenvalue weighted by atomic mass is 32.2. The number of carbonyl (C=O) groups excluding carboxylic acids is 2. The first-order valence-corrected chi connectivity index (χ1v) is 13.3. The predicted octanol–water partition coefficient (Wildman–Crippen LogP) is 4.86. The van der Waals surface area contributed by atoms with Gasteiger partial charge in [-0.2, -0.15) is 0 Å². The van der Waals surface area contributed by atoms with Crippen LogP contribution in [0.4, 0.5) is 0 Å². The van der Waals surface area contributed by atoms with Crippen molar-refractivity contribution >= 4 is 33.7 Å². The van der Waals surface area contributed by atoms with Crippen molar-refractivity contribution in [2.75, 3.05) is 19.8 Å². The third kappa shape index (κ3) is 4.94. The van der Waals surface area contributed by atoms with Crippen LogP contribution in [0.3, 0.4) is 0 Å². The van der Waals surface area contributed by atoms with E-state index >= 15 is 0 Å². The summed E-state index contributed by atoms with van der Waals surface area (Å²) in [5.74, 6) is 0.390. The molecule has 1 unspecified atom stereocenters. The predicted molar refractivity (Wildman–Crippen MR) is 138 cm³/mol. The van der Waals surface area contributed by atoms with E-state index in [9.17, 15) is 13.8 Å². The van der Waals surface area contributed by atoms with Gasteiger partial charge in [0.1, 0.15) is 17.5 Å². The molecule has 0 radical (unpaired) electrons. The van der Waals surface area contributed by atoms with Crippen LogP contribution in [-0.4, -0.2) is 45.3 Å². The van der Waals surface area contributed by atoms with Crippen molar-refractivity contribution in [1.29, 1.82) is 0 Å². The molecule has 2 amide bonds. The maximum Gasteiger partial charge on any atom is 0.263 e. The summed E-state index contributed by atoms with van der Waals surface area (Å²) in [7, 11) is 2.11. The summed E-state index contributed by atoms with van der Waals surface area (Å²) in [5.41, 5.74) is 4.72. The summed E-state index contributed by atoms with van der Waals surface area (Å²) in [4.78, 5) is 27.3. The van der Waals surface area contributed by atoms with Crippen molar-refractivity contribution in [2.24, 2.45) is 0 Å². The molecule has 3 aromatic rings. The summed E-state index contributed by atoms with van der Waals surface area (Å²) >= 11 is 0. The number of likely N-dealkylation sites (N-methyl/N-ethyl adjacent to an activating group) is 1. The number of nitrogens with one attached hydrogen (secondary N) is 1. The first kappa shape index (κ1) is 24.2. The number of benzene rings is 2. The SMILES string of the molecule is CCS(=O)NC(=O)c1ccc2c(C3CCCCC3)c(-c3ccccc3)n(CC(=O)N(C)C)c2c1.